The largest absolute Gasteiger partial charge is 0.395 e. The lowest BCUT2D eigenvalue weighted by molar-refractivity contribution is 0.0753. The van der Waals surface area contributed by atoms with Crippen molar-refractivity contribution in [1.82, 2.24) is 4.47 Å². The second kappa shape index (κ2) is 2.90. The molecule has 1 aliphatic heterocycles. The van der Waals surface area contributed by atoms with E-state index in [1.807, 2.05) is 18.2 Å². The first-order valence-corrected chi connectivity index (χ1v) is 4.89. The van der Waals surface area contributed by atoms with E-state index in [1.165, 1.54) is 16.3 Å². The molecule has 0 fully saturated rings. The van der Waals surface area contributed by atoms with E-state index in [0.29, 0.717) is 0 Å². The minimum Gasteiger partial charge on any atom is -0.395 e. The molecule has 0 radical (unpaired) electrons. The molecule has 0 saturated carbocycles. The number of hydroxylamine groups is 1. The van der Waals surface area contributed by atoms with E-state index in [4.69, 9.17) is 4.84 Å². The highest BCUT2D eigenvalue weighted by molar-refractivity contribution is 7.77. The Labute approximate surface area is 87.6 Å². The third-order valence-corrected chi connectivity index (χ3v) is 2.72. The van der Waals surface area contributed by atoms with Crippen molar-refractivity contribution in [3.63, 3.8) is 0 Å². The van der Waals surface area contributed by atoms with Gasteiger partial charge in [-0.15, -0.1) is 0 Å². The highest BCUT2D eigenvalue weighted by atomic mass is 32.1. The minimum atomic E-state index is 0.736. The number of hydrogen-bond acceptors (Lipinski definition) is 3. The summed E-state index contributed by atoms with van der Waals surface area (Å²) in [5.74, 6) is 0.915. The molecule has 2 aromatic rings. The summed E-state index contributed by atoms with van der Waals surface area (Å²) in [7, 11) is 0. The van der Waals surface area contributed by atoms with Gasteiger partial charge in [0.25, 0.3) is 0 Å². The summed E-state index contributed by atoms with van der Waals surface area (Å²) in [6.07, 6.45) is 0. The highest BCUT2D eigenvalue weighted by Crippen LogP contribution is 2.34. The molecule has 0 saturated heterocycles. The zero-order valence-corrected chi connectivity index (χ0v) is 8.37. The monoisotopic (exact) mass is 203 g/mol. The molecule has 14 heavy (non-hydrogen) atoms. The van der Waals surface area contributed by atoms with Crippen LogP contribution in [0.1, 0.15) is 5.56 Å². The van der Waals surface area contributed by atoms with Gasteiger partial charge in [-0.2, -0.15) is 0 Å². The summed E-state index contributed by atoms with van der Waals surface area (Å²) < 4.78 is 1.55. The molecule has 0 aromatic heterocycles. The normalized spacial score (nSPS) is 15.5. The Bertz CT molecular complexity index is 498. The number of benzene rings is 2. The number of rotatable bonds is 0. The lowest BCUT2D eigenvalue weighted by Gasteiger charge is -2.02. The Kier molecular flexibility index (Phi) is 1.69. The van der Waals surface area contributed by atoms with Gasteiger partial charge >= 0.3 is 0 Å². The molecule has 0 amide bonds. The van der Waals surface area contributed by atoms with Crippen molar-refractivity contribution in [3.05, 3.63) is 42.0 Å². The second-order valence-electron chi connectivity index (χ2n) is 3.36. The predicted octanol–water partition coefficient (Wildman–Crippen LogP) is 2.79. The van der Waals surface area contributed by atoms with E-state index >= 15 is 0 Å². The van der Waals surface area contributed by atoms with Crippen LogP contribution >= 0.6 is 12.8 Å². The number of nitrogens with zero attached hydrogens (tertiary/aromatic N) is 1. The van der Waals surface area contributed by atoms with Crippen LogP contribution < -0.4 is 4.84 Å². The molecule has 0 bridgehead atoms. The summed E-state index contributed by atoms with van der Waals surface area (Å²) >= 11 is 4.17. The van der Waals surface area contributed by atoms with Crippen molar-refractivity contribution in [3.8, 4) is 5.75 Å². The van der Waals surface area contributed by atoms with Crippen LogP contribution in [0.3, 0.4) is 0 Å². The molecule has 3 heteroatoms. The Balaban J connectivity index is 2.33. The van der Waals surface area contributed by atoms with Gasteiger partial charge in [0.05, 0.1) is 6.54 Å². The molecular formula is C11H9NOS. The maximum atomic E-state index is 5.41. The van der Waals surface area contributed by atoms with Gasteiger partial charge in [0.1, 0.15) is 0 Å². The topological polar surface area (TPSA) is 12.5 Å². The SMILES string of the molecule is SN1Cc2c(ccc3ccccc23)O1. The smallest absolute Gasteiger partial charge is 0.154 e. The first-order valence-electron chi connectivity index (χ1n) is 4.49. The van der Waals surface area contributed by atoms with Crippen LogP contribution in [0, 0.1) is 0 Å². The van der Waals surface area contributed by atoms with E-state index in [2.05, 4.69) is 31.0 Å². The van der Waals surface area contributed by atoms with Crippen molar-refractivity contribution >= 4 is 23.6 Å². The Hall–Kier alpha value is -1.19. The van der Waals surface area contributed by atoms with Crippen LogP contribution in [0.25, 0.3) is 10.8 Å². The van der Waals surface area contributed by atoms with Gasteiger partial charge in [0.15, 0.2) is 5.75 Å². The maximum Gasteiger partial charge on any atom is 0.154 e. The maximum absolute atomic E-state index is 5.41. The van der Waals surface area contributed by atoms with E-state index < -0.39 is 0 Å². The molecule has 3 rings (SSSR count). The molecule has 70 valence electrons. The van der Waals surface area contributed by atoms with Crippen LogP contribution in [-0.4, -0.2) is 4.47 Å². The number of fused-ring (bicyclic) bond motifs is 3. The van der Waals surface area contributed by atoms with Crippen molar-refractivity contribution in [2.45, 2.75) is 6.54 Å². The van der Waals surface area contributed by atoms with Crippen molar-refractivity contribution in [2.24, 2.45) is 0 Å². The molecular weight excluding hydrogens is 194 g/mol. The fourth-order valence-corrected chi connectivity index (χ4v) is 2.08. The predicted molar refractivity (Wildman–Crippen MR) is 59.1 cm³/mol. The van der Waals surface area contributed by atoms with Gasteiger partial charge in [-0.25, -0.2) is 0 Å². The van der Waals surface area contributed by atoms with Crippen molar-refractivity contribution in [1.29, 1.82) is 0 Å². The third kappa shape index (κ3) is 1.10. The van der Waals surface area contributed by atoms with Crippen molar-refractivity contribution < 1.29 is 4.84 Å². The lowest BCUT2D eigenvalue weighted by Crippen LogP contribution is -2.06. The Morgan fingerprint density at radius 2 is 2.00 bits per heavy atom. The number of thiol groups is 1. The van der Waals surface area contributed by atoms with Crippen LogP contribution in [0.15, 0.2) is 36.4 Å². The lowest BCUT2D eigenvalue weighted by atomic mass is 10.0. The van der Waals surface area contributed by atoms with Gasteiger partial charge in [-0.3, -0.25) is 0 Å². The molecule has 2 aromatic carbocycles. The summed E-state index contributed by atoms with van der Waals surface area (Å²) in [6, 6.07) is 12.4. The number of hydrogen-bond donors (Lipinski definition) is 1. The van der Waals surface area contributed by atoms with Crippen LogP contribution in [-0.2, 0) is 6.54 Å². The molecule has 0 spiro atoms. The zero-order valence-electron chi connectivity index (χ0n) is 7.47. The minimum absolute atomic E-state index is 0.736. The third-order valence-electron chi connectivity index (χ3n) is 2.49. The quantitative estimate of drug-likeness (QED) is 0.661. The summed E-state index contributed by atoms with van der Waals surface area (Å²) in [6.45, 7) is 0.736. The Morgan fingerprint density at radius 1 is 1.14 bits per heavy atom. The van der Waals surface area contributed by atoms with Gasteiger partial charge in [-0.1, -0.05) is 47.6 Å². The fraction of sp³-hybridized carbons (Fsp3) is 0.0909. The Morgan fingerprint density at radius 3 is 2.93 bits per heavy atom. The van der Waals surface area contributed by atoms with E-state index in [1.54, 1.807) is 4.47 Å². The van der Waals surface area contributed by atoms with Gasteiger partial charge in [0, 0.05) is 5.56 Å². The molecule has 0 aliphatic carbocycles. The molecule has 1 heterocycles. The molecule has 2 nitrogen and oxygen atoms in total. The molecule has 1 aliphatic rings. The first-order chi connectivity index (χ1) is 6.84. The van der Waals surface area contributed by atoms with E-state index in [0.717, 1.165) is 12.3 Å². The fourth-order valence-electron chi connectivity index (χ4n) is 1.85. The molecule has 0 atom stereocenters. The van der Waals surface area contributed by atoms with E-state index in [9.17, 15) is 0 Å². The van der Waals surface area contributed by atoms with Gasteiger partial charge in [-0.05, 0) is 16.8 Å². The van der Waals surface area contributed by atoms with Crippen LogP contribution in [0.5, 0.6) is 5.75 Å². The summed E-state index contributed by atoms with van der Waals surface area (Å²) in [4.78, 5) is 5.41. The molecule has 0 unspecified atom stereocenters. The van der Waals surface area contributed by atoms with Crippen LogP contribution in [0.4, 0.5) is 0 Å². The molecule has 0 N–H and O–H groups in total. The first kappa shape index (κ1) is 8.15. The average Bonchev–Trinajstić information content (AvgIpc) is 2.59. The highest BCUT2D eigenvalue weighted by Gasteiger charge is 2.19. The summed E-state index contributed by atoms with van der Waals surface area (Å²) in [5, 5.41) is 2.50. The average molecular weight is 203 g/mol. The zero-order chi connectivity index (χ0) is 9.54. The van der Waals surface area contributed by atoms with E-state index in [-0.39, 0.29) is 0 Å². The standard InChI is InChI=1S/C11H9NOS/c14-12-7-10-9-4-2-1-3-8(9)5-6-11(10)13-12/h1-6,14H,7H2. The van der Waals surface area contributed by atoms with Crippen LogP contribution in [0.2, 0.25) is 0 Å². The second-order valence-corrected chi connectivity index (χ2v) is 3.81. The van der Waals surface area contributed by atoms with Gasteiger partial charge in [0.2, 0.25) is 0 Å². The van der Waals surface area contributed by atoms with Gasteiger partial charge < -0.3 is 4.84 Å². The summed E-state index contributed by atoms with van der Waals surface area (Å²) in [5.41, 5.74) is 1.22. The van der Waals surface area contributed by atoms with Crippen molar-refractivity contribution in [2.75, 3.05) is 0 Å².